The third-order valence-corrected chi connectivity index (χ3v) is 13.4. The number of benzene rings is 3. The lowest BCUT2D eigenvalue weighted by molar-refractivity contribution is -0.259. The molecule has 1 amide bonds. The van der Waals surface area contributed by atoms with Gasteiger partial charge in [0, 0.05) is 12.8 Å². The molecule has 10 nitrogen and oxygen atoms in total. The summed E-state index contributed by atoms with van der Waals surface area (Å²) in [6, 6.07) is 30.5. The highest BCUT2D eigenvalue weighted by atomic mass is 28.3. The monoisotopic (exact) mass is 958 g/mol. The fourth-order valence-corrected chi connectivity index (χ4v) is 9.50. The molecule has 11 heteroatoms. The van der Waals surface area contributed by atoms with Gasteiger partial charge < -0.3 is 33.8 Å². The van der Waals surface area contributed by atoms with E-state index in [0.717, 1.165) is 109 Å². The molecule has 2 N–H and O–H groups in total. The summed E-state index contributed by atoms with van der Waals surface area (Å²) in [6.07, 6.45) is 15.2. The molecule has 378 valence electrons. The van der Waals surface area contributed by atoms with Gasteiger partial charge in [-0.1, -0.05) is 162 Å². The van der Waals surface area contributed by atoms with Crippen LogP contribution in [0, 0.1) is 0 Å². The Bertz CT molecular complexity index is 1790. The predicted molar refractivity (Wildman–Crippen MR) is 275 cm³/mol. The van der Waals surface area contributed by atoms with Gasteiger partial charge in [0.25, 0.3) is 5.91 Å². The molecule has 0 aliphatic carbocycles. The number of ether oxygens (including phenoxy) is 4. The minimum atomic E-state index is -1.81. The van der Waals surface area contributed by atoms with Gasteiger partial charge in [0.2, 0.25) is 0 Å². The molecule has 1 aliphatic heterocycles. The van der Waals surface area contributed by atoms with E-state index in [1.165, 1.54) is 16.7 Å². The van der Waals surface area contributed by atoms with Crippen molar-refractivity contribution in [2.24, 2.45) is 0 Å². The van der Waals surface area contributed by atoms with Crippen LogP contribution < -0.4 is 5.32 Å². The van der Waals surface area contributed by atoms with Crippen molar-refractivity contribution in [2.75, 3.05) is 6.61 Å². The summed E-state index contributed by atoms with van der Waals surface area (Å²) in [5.74, 6) is -1.38. The van der Waals surface area contributed by atoms with E-state index in [9.17, 15) is 19.5 Å². The number of aliphatic hydroxyl groups is 1. The molecule has 1 heterocycles. The summed E-state index contributed by atoms with van der Waals surface area (Å²) >= 11 is 0. The normalized spacial score (nSPS) is 18.8. The maximum absolute atomic E-state index is 14.4. The van der Waals surface area contributed by atoms with Gasteiger partial charge in [-0.15, -0.1) is 0 Å². The first kappa shape index (κ1) is 56.7. The second-order valence-electron chi connectivity index (χ2n) is 20.1. The molecular formula is C57H87NO9Si. The number of hydrogen-bond acceptors (Lipinski definition) is 9. The Kier molecular flexibility index (Phi) is 27.4. The number of esters is 2. The molecule has 0 aromatic heterocycles. The highest BCUT2D eigenvalue weighted by Gasteiger charge is 2.50. The average molecular weight is 958 g/mol. The van der Waals surface area contributed by atoms with Crippen LogP contribution in [0.3, 0.4) is 0 Å². The van der Waals surface area contributed by atoms with Crippen LogP contribution in [0.5, 0.6) is 0 Å². The van der Waals surface area contributed by atoms with Gasteiger partial charge in [-0.25, -0.2) is 0 Å². The van der Waals surface area contributed by atoms with Crippen LogP contribution in [-0.2, 0) is 57.0 Å². The molecule has 0 bridgehead atoms. The molecule has 1 saturated heterocycles. The van der Waals surface area contributed by atoms with Gasteiger partial charge in [-0.2, -0.15) is 0 Å². The summed E-state index contributed by atoms with van der Waals surface area (Å²) in [5, 5.41) is 14.9. The predicted octanol–water partition coefficient (Wildman–Crippen LogP) is 11.7. The lowest BCUT2D eigenvalue weighted by atomic mass is 9.95. The van der Waals surface area contributed by atoms with Gasteiger partial charge in [0.15, 0.2) is 27.5 Å². The Hall–Kier alpha value is -3.87. The molecule has 2 unspecified atom stereocenters. The van der Waals surface area contributed by atoms with E-state index in [1.807, 2.05) is 52.1 Å². The van der Waals surface area contributed by atoms with Crippen LogP contribution >= 0.6 is 0 Å². The standard InChI is InChI=1S/C57H87NO9Si/c1-57(2,3)63-44-49-53(61)54(66-51(60)43-31-16-9-7-12-21-33-46-37-25-18-26-38-46)52(56(65-49)67-68(4)5)58-55(62)48(41-29-14-10-13-22-34-47-39-27-19-28-40-47)64-50(59)42-30-15-8-6-11-20-32-45-35-23-17-24-36-45/h17-19,23-28,35-40,48-49,52-54,56,61,68H,6-16,20-22,29-34,41-44H2,1-5H3,(H,58,62)/t48?,49-,52-,53-,54-,56?/m1/s1. The summed E-state index contributed by atoms with van der Waals surface area (Å²) in [4.78, 5) is 41.4. The summed E-state index contributed by atoms with van der Waals surface area (Å²) in [7, 11) is -1.81. The molecule has 0 saturated carbocycles. The number of hydrogen-bond donors (Lipinski definition) is 2. The number of aryl methyl sites for hydroxylation is 3. The van der Waals surface area contributed by atoms with Crippen LogP contribution in [0.2, 0.25) is 13.1 Å². The second-order valence-corrected chi connectivity index (χ2v) is 22.5. The molecule has 1 aliphatic rings. The SMILES string of the molecule is C[SiH](C)OC1O[C@H](COC(C)(C)C)[C@@H](O)[C@H](OC(=O)CCCCCCCCc2ccccc2)[C@H]1NC(=O)C(CCCCCCCc1ccccc1)OC(=O)CCCCCCCCc1ccccc1. The van der Waals surface area contributed by atoms with Gasteiger partial charge in [-0.05, 0) is 115 Å². The van der Waals surface area contributed by atoms with Crippen molar-refractivity contribution in [1.82, 2.24) is 5.32 Å². The molecule has 3 aromatic rings. The molecule has 4 rings (SSSR count). The van der Waals surface area contributed by atoms with E-state index >= 15 is 0 Å². The second kappa shape index (κ2) is 32.8. The number of amides is 1. The summed E-state index contributed by atoms with van der Waals surface area (Å²) in [6.45, 7) is 9.77. The van der Waals surface area contributed by atoms with Crippen molar-refractivity contribution in [3.05, 3.63) is 108 Å². The minimum absolute atomic E-state index is 0.0302. The molecular weight excluding hydrogens is 871 g/mol. The minimum Gasteiger partial charge on any atom is -0.457 e. The van der Waals surface area contributed by atoms with Crippen molar-refractivity contribution in [3.63, 3.8) is 0 Å². The third kappa shape index (κ3) is 24.1. The highest BCUT2D eigenvalue weighted by molar-refractivity contribution is 6.48. The van der Waals surface area contributed by atoms with Gasteiger partial charge in [0.1, 0.15) is 18.2 Å². The highest BCUT2D eigenvalue weighted by Crippen LogP contribution is 2.28. The Morgan fingerprint density at radius 3 is 1.50 bits per heavy atom. The van der Waals surface area contributed by atoms with E-state index in [2.05, 4.69) is 78.1 Å². The van der Waals surface area contributed by atoms with Crippen LogP contribution in [0.1, 0.15) is 166 Å². The number of unbranched alkanes of at least 4 members (excludes halogenated alkanes) is 14. The first-order valence-electron chi connectivity index (χ1n) is 26.3. The van der Waals surface area contributed by atoms with Crippen molar-refractivity contribution in [1.29, 1.82) is 0 Å². The zero-order valence-electron chi connectivity index (χ0n) is 42.4. The topological polar surface area (TPSA) is 130 Å². The first-order chi connectivity index (χ1) is 32.9. The molecule has 1 fully saturated rings. The number of nitrogens with one attached hydrogen (secondary N) is 1. The zero-order valence-corrected chi connectivity index (χ0v) is 43.5. The first-order valence-corrected chi connectivity index (χ1v) is 29.1. The lowest BCUT2D eigenvalue weighted by Crippen LogP contribution is -2.67. The third-order valence-electron chi connectivity index (χ3n) is 12.6. The maximum Gasteiger partial charge on any atom is 0.306 e. The van der Waals surface area contributed by atoms with Gasteiger partial charge in [0.05, 0.1) is 12.2 Å². The van der Waals surface area contributed by atoms with E-state index in [1.54, 1.807) is 0 Å². The quantitative estimate of drug-likeness (QED) is 0.0341. The van der Waals surface area contributed by atoms with Gasteiger partial charge in [-0.3, -0.25) is 14.4 Å². The van der Waals surface area contributed by atoms with E-state index < -0.39 is 69.2 Å². The number of carbonyl (C=O) groups is 3. The summed E-state index contributed by atoms with van der Waals surface area (Å²) in [5.41, 5.74) is 3.53. The van der Waals surface area contributed by atoms with Crippen molar-refractivity contribution < 1.29 is 42.9 Å². The fraction of sp³-hybridized carbons (Fsp3) is 0.632. The number of rotatable bonds is 34. The van der Waals surface area contributed by atoms with Crippen molar-refractivity contribution in [2.45, 2.75) is 224 Å². The molecule has 3 aromatic carbocycles. The van der Waals surface area contributed by atoms with Crippen molar-refractivity contribution in [3.8, 4) is 0 Å². The summed E-state index contributed by atoms with van der Waals surface area (Å²) < 4.78 is 30.9. The maximum atomic E-state index is 14.4. The number of aliphatic hydroxyl groups excluding tert-OH is 1. The van der Waals surface area contributed by atoms with Crippen LogP contribution in [0.25, 0.3) is 0 Å². The smallest absolute Gasteiger partial charge is 0.306 e. The van der Waals surface area contributed by atoms with E-state index in [0.29, 0.717) is 25.7 Å². The lowest BCUT2D eigenvalue weighted by Gasteiger charge is -2.45. The largest absolute Gasteiger partial charge is 0.457 e. The number of carbonyl (C=O) groups excluding carboxylic acids is 3. The van der Waals surface area contributed by atoms with Crippen LogP contribution in [0.4, 0.5) is 0 Å². The average Bonchev–Trinajstić information content (AvgIpc) is 3.32. The Morgan fingerprint density at radius 1 is 0.618 bits per heavy atom. The van der Waals surface area contributed by atoms with E-state index in [4.69, 9.17) is 23.4 Å². The molecule has 68 heavy (non-hydrogen) atoms. The Balaban J connectivity index is 1.36. The van der Waals surface area contributed by atoms with E-state index in [-0.39, 0.29) is 19.4 Å². The Labute approximate surface area is 411 Å². The van der Waals surface area contributed by atoms with Crippen molar-refractivity contribution >= 4 is 26.9 Å². The van der Waals surface area contributed by atoms with Gasteiger partial charge >= 0.3 is 11.9 Å². The molecule has 6 atom stereocenters. The van der Waals surface area contributed by atoms with Crippen LogP contribution in [0.15, 0.2) is 91.0 Å². The fourth-order valence-electron chi connectivity index (χ4n) is 8.73. The zero-order chi connectivity index (χ0) is 48.8. The Morgan fingerprint density at radius 2 is 1.04 bits per heavy atom. The molecule has 0 radical (unpaired) electrons. The molecule has 0 spiro atoms. The van der Waals surface area contributed by atoms with Crippen LogP contribution in [-0.4, -0.2) is 80.9 Å².